The van der Waals surface area contributed by atoms with Gasteiger partial charge < -0.3 is 19.3 Å². The lowest BCUT2D eigenvalue weighted by Crippen LogP contribution is -2.40. The predicted molar refractivity (Wildman–Crippen MR) is 128 cm³/mol. The average molecular weight is 479 g/mol. The van der Waals surface area contributed by atoms with Crippen molar-refractivity contribution in [1.82, 2.24) is 30.0 Å². The van der Waals surface area contributed by atoms with Crippen LogP contribution in [0.5, 0.6) is 5.75 Å². The van der Waals surface area contributed by atoms with Gasteiger partial charge in [0.05, 0.1) is 25.5 Å². The maximum absolute atomic E-state index is 13.4. The van der Waals surface area contributed by atoms with E-state index < -0.39 is 0 Å². The molecule has 0 aliphatic carbocycles. The fourth-order valence-electron chi connectivity index (χ4n) is 4.05. The Morgan fingerprint density at radius 1 is 1.14 bits per heavy atom. The van der Waals surface area contributed by atoms with E-state index in [2.05, 4.69) is 29.4 Å². The van der Waals surface area contributed by atoms with Gasteiger partial charge in [-0.3, -0.25) is 9.59 Å². The molecule has 0 spiro atoms. The Kier molecular flexibility index (Phi) is 7.71. The molecule has 2 amide bonds. The lowest BCUT2D eigenvalue weighted by Gasteiger charge is -2.26. The van der Waals surface area contributed by atoms with Gasteiger partial charge in [0.25, 0.3) is 5.91 Å². The van der Waals surface area contributed by atoms with Crippen LogP contribution in [0.15, 0.2) is 54.9 Å². The highest BCUT2D eigenvalue weighted by atomic mass is 16.5. The van der Waals surface area contributed by atoms with Gasteiger partial charge in [-0.15, -0.1) is 5.10 Å². The van der Waals surface area contributed by atoms with Gasteiger partial charge in [0.2, 0.25) is 5.91 Å². The topological polar surface area (TPSA) is 103 Å². The molecule has 1 unspecified atom stereocenters. The number of rotatable bonds is 8. The van der Waals surface area contributed by atoms with Crippen molar-refractivity contribution in [1.29, 1.82) is 0 Å². The van der Waals surface area contributed by atoms with Crippen molar-refractivity contribution in [3.05, 3.63) is 66.0 Å². The predicted octanol–water partition coefficient (Wildman–Crippen LogP) is 2.20. The molecule has 1 aliphatic rings. The number of hydrogen-bond donors (Lipinski definition) is 0. The summed E-state index contributed by atoms with van der Waals surface area (Å²) in [6, 6.07) is 14.6. The van der Waals surface area contributed by atoms with Crippen molar-refractivity contribution in [2.75, 3.05) is 33.3 Å². The Balaban J connectivity index is 1.50. The van der Waals surface area contributed by atoms with Crippen LogP contribution < -0.4 is 4.74 Å². The first kappa shape index (κ1) is 24.3. The minimum Gasteiger partial charge on any atom is -0.497 e. The highest BCUT2D eigenvalue weighted by molar-refractivity contribution is 5.97. The highest BCUT2D eigenvalue weighted by Gasteiger charge is 2.31. The number of hydrogen-bond acceptors (Lipinski definition) is 7. The van der Waals surface area contributed by atoms with Crippen molar-refractivity contribution in [3.8, 4) is 11.4 Å². The molecule has 2 aromatic carbocycles. The number of carbonyl (C=O) groups is 2. The van der Waals surface area contributed by atoms with E-state index in [1.807, 2.05) is 24.3 Å². The zero-order chi connectivity index (χ0) is 24.8. The van der Waals surface area contributed by atoms with Crippen molar-refractivity contribution < 1.29 is 19.1 Å². The third kappa shape index (κ3) is 6.21. The lowest BCUT2D eigenvalue weighted by molar-refractivity contribution is -0.132. The molecule has 1 atom stereocenters. The molecule has 4 rings (SSSR count). The van der Waals surface area contributed by atoms with Gasteiger partial charge in [0.1, 0.15) is 18.6 Å². The van der Waals surface area contributed by atoms with E-state index in [1.54, 1.807) is 41.2 Å². The quantitative estimate of drug-likeness (QED) is 0.489. The standard InChI is InChI=1S/C25H30N6O4/c1-18(2)12-29-13-23(35-16-19-5-4-6-22(11-19)34-3)14-30(15-24(29)32)25(33)20-7-9-21(10-8-20)31-17-26-27-28-31/h4-11,17-18,23H,12-16H2,1-3H3. The molecule has 2 heterocycles. The van der Waals surface area contributed by atoms with Crippen LogP contribution in [0.25, 0.3) is 5.69 Å². The number of aromatic nitrogens is 4. The molecule has 1 aromatic heterocycles. The Morgan fingerprint density at radius 2 is 1.94 bits per heavy atom. The van der Waals surface area contributed by atoms with E-state index in [4.69, 9.17) is 9.47 Å². The fraction of sp³-hybridized carbons (Fsp3) is 0.400. The molecule has 35 heavy (non-hydrogen) atoms. The summed E-state index contributed by atoms with van der Waals surface area (Å²) < 4.78 is 13.0. The zero-order valence-electron chi connectivity index (χ0n) is 20.2. The van der Waals surface area contributed by atoms with Crippen molar-refractivity contribution >= 4 is 11.8 Å². The van der Waals surface area contributed by atoms with Crippen LogP contribution >= 0.6 is 0 Å². The van der Waals surface area contributed by atoms with Gasteiger partial charge in [0, 0.05) is 25.2 Å². The Hall–Kier alpha value is -3.79. The number of methoxy groups -OCH3 is 1. The van der Waals surface area contributed by atoms with Gasteiger partial charge in [-0.05, 0) is 58.3 Å². The first-order valence-corrected chi connectivity index (χ1v) is 11.6. The first-order valence-electron chi connectivity index (χ1n) is 11.6. The summed E-state index contributed by atoms with van der Waals surface area (Å²) in [7, 11) is 1.62. The van der Waals surface area contributed by atoms with Crippen LogP contribution in [-0.4, -0.2) is 81.2 Å². The maximum atomic E-state index is 13.4. The van der Waals surface area contributed by atoms with E-state index in [0.717, 1.165) is 17.0 Å². The second kappa shape index (κ2) is 11.1. The number of nitrogens with zero attached hydrogens (tertiary/aromatic N) is 6. The van der Waals surface area contributed by atoms with Crippen LogP contribution in [0, 0.1) is 5.92 Å². The monoisotopic (exact) mass is 478 g/mol. The van der Waals surface area contributed by atoms with Crippen LogP contribution in [0.2, 0.25) is 0 Å². The summed E-state index contributed by atoms with van der Waals surface area (Å²) in [4.78, 5) is 29.8. The number of ether oxygens (including phenoxy) is 2. The zero-order valence-corrected chi connectivity index (χ0v) is 20.2. The minimum absolute atomic E-state index is 0.0132. The van der Waals surface area contributed by atoms with E-state index >= 15 is 0 Å². The van der Waals surface area contributed by atoms with Gasteiger partial charge in [-0.1, -0.05) is 26.0 Å². The van der Waals surface area contributed by atoms with Gasteiger partial charge in [-0.25, -0.2) is 4.68 Å². The van der Waals surface area contributed by atoms with Crippen molar-refractivity contribution in [3.63, 3.8) is 0 Å². The smallest absolute Gasteiger partial charge is 0.254 e. The third-order valence-corrected chi connectivity index (χ3v) is 5.75. The summed E-state index contributed by atoms with van der Waals surface area (Å²) in [5.74, 6) is 0.761. The Labute approximate surface area is 204 Å². The molecule has 1 saturated heterocycles. The largest absolute Gasteiger partial charge is 0.497 e. The number of tetrazole rings is 1. The summed E-state index contributed by atoms with van der Waals surface area (Å²) in [6.07, 6.45) is 1.16. The van der Waals surface area contributed by atoms with Crippen molar-refractivity contribution in [2.24, 2.45) is 5.92 Å². The third-order valence-electron chi connectivity index (χ3n) is 5.75. The number of benzene rings is 2. The van der Waals surface area contributed by atoms with Crippen LogP contribution in [0.3, 0.4) is 0 Å². The molecule has 0 bridgehead atoms. The molecular formula is C25H30N6O4. The van der Waals surface area contributed by atoms with Crippen LogP contribution in [0.4, 0.5) is 0 Å². The Bertz CT molecular complexity index is 1130. The number of amides is 2. The van der Waals surface area contributed by atoms with Crippen LogP contribution in [-0.2, 0) is 16.1 Å². The molecule has 10 heteroatoms. The molecule has 0 radical (unpaired) electrons. The highest BCUT2D eigenvalue weighted by Crippen LogP contribution is 2.18. The molecule has 1 fully saturated rings. The van der Waals surface area contributed by atoms with Gasteiger partial charge in [-0.2, -0.15) is 0 Å². The van der Waals surface area contributed by atoms with E-state index in [1.165, 1.54) is 11.0 Å². The summed E-state index contributed by atoms with van der Waals surface area (Å²) >= 11 is 0. The molecule has 10 nitrogen and oxygen atoms in total. The van der Waals surface area contributed by atoms with Crippen LogP contribution in [0.1, 0.15) is 29.8 Å². The van der Waals surface area contributed by atoms with E-state index in [-0.39, 0.29) is 24.5 Å². The first-order chi connectivity index (χ1) is 16.9. The van der Waals surface area contributed by atoms with E-state index in [0.29, 0.717) is 37.7 Å². The molecule has 0 saturated carbocycles. The SMILES string of the molecule is COc1cccc(COC2CN(CC(C)C)C(=O)CN(C(=O)c3ccc(-n4cnnn4)cc3)C2)c1. The second-order valence-corrected chi connectivity index (χ2v) is 8.96. The Morgan fingerprint density at radius 3 is 2.63 bits per heavy atom. The molecule has 184 valence electrons. The van der Waals surface area contributed by atoms with Crippen molar-refractivity contribution in [2.45, 2.75) is 26.6 Å². The van der Waals surface area contributed by atoms with E-state index in [9.17, 15) is 9.59 Å². The lowest BCUT2D eigenvalue weighted by atomic mass is 10.1. The van der Waals surface area contributed by atoms with Gasteiger partial charge >= 0.3 is 0 Å². The molecular weight excluding hydrogens is 448 g/mol. The second-order valence-electron chi connectivity index (χ2n) is 8.96. The summed E-state index contributed by atoms with van der Waals surface area (Å²) in [5, 5.41) is 11.1. The molecule has 1 aliphatic heterocycles. The molecule has 3 aromatic rings. The average Bonchev–Trinajstić information content (AvgIpc) is 3.36. The normalized spacial score (nSPS) is 16.5. The summed E-state index contributed by atoms with van der Waals surface area (Å²) in [6.45, 7) is 5.87. The maximum Gasteiger partial charge on any atom is 0.254 e. The fourth-order valence-corrected chi connectivity index (χ4v) is 4.05. The minimum atomic E-state index is -0.323. The number of carbonyl (C=O) groups excluding carboxylic acids is 2. The molecule has 0 N–H and O–H groups in total. The van der Waals surface area contributed by atoms with Gasteiger partial charge in [0.15, 0.2) is 0 Å². The summed E-state index contributed by atoms with van der Waals surface area (Å²) in [5.41, 5.74) is 2.19.